The minimum atomic E-state index is -0.429. The summed E-state index contributed by atoms with van der Waals surface area (Å²) in [6.07, 6.45) is 3.04. The zero-order valence-electron chi connectivity index (χ0n) is 12.2. The molecule has 0 aromatic heterocycles. The molecule has 1 aliphatic carbocycles. The highest BCUT2D eigenvalue weighted by atomic mass is 35.5. The van der Waals surface area contributed by atoms with E-state index in [2.05, 4.69) is 11.4 Å². The molecule has 110 valence electrons. The average molecular weight is 295 g/mol. The van der Waals surface area contributed by atoms with E-state index >= 15 is 0 Å². The normalized spacial score (nSPS) is 19.2. The monoisotopic (exact) mass is 294 g/mol. The van der Waals surface area contributed by atoms with Crippen LogP contribution in [0.25, 0.3) is 0 Å². The summed E-state index contributed by atoms with van der Waals surface area (Å²) in [7, 11) is 0. The Kier molecular flexibility index (Phi) is 4.71. The van der Waals surface area contributed by atoms with Crippen LogP contribution in [-0.4, -0.2) is 18.5 Å². The number of nitrogens with two attached hydrogens (primary N) is 1. The van der Waals surface area contributed by atoms with Crippen molar-refractivity contribution in [2.24, 2.45) is 11.7 Å². The van der Waals surface area contributed by atoms with Crippen LogP contribution in [0.2, 0.25) is 5.02 Å². The number of carbonyl (C=O) groups is 1. The molecule has 1 aromatic rings. The minimum Gasteiger partial charge on any atom is -0.354 e. The van der Waals surface area contributed by atoms with Crippen molar-refractivity contribution in [3.8, 4) is 0 Å². The maximum Gasteiger partial charge on any atom is 0.237 e. The number of benzene rings is 1. The van der Waals surface area contributed by atoms with Crippen LogP contribution >= 0.6 is 11.6 Å². The van der Waals surface area contributed by atoms with E-state index in [0.29, 0.717) is 6.54 Å². The molecule has 0 saturated heterocycles. The lowest BCUT2D eigenvalue weighted by Crippen LogP contribution is -2.46. The SMILES string of the molecule is CCC(C)C(N)C(=O)NCC1(c2ccccc2Cl)CC1. The summed E-state index contributed by atoms with van der Waals surface area (Å²) in [6, 6.07) is 7.45. The van der Waals surface area contributed by atoms with Crippen molar-refractivity contribution in [2.45, 2.75) is 44.6 Å². The molecule has 0 spiro atoms. The second-order valence-corrected chi connectivity index (χ2v) is 6.30. The van der Waals surface area contributed by atoms with Gasteiger partial charge in [0.25, 0.3) is 0 Å². The summed E-state index contributed by atoms with van der Waals surface area (Å²) >= 11 is 6.26. The van der Waals surface area contributed by atoms with Crippen molar-refractivity contribution in [1.82, 2.24) is 5.32 Å². The van der Waals surface area contributed by atoms with Gasteiger partial charge in [-0.2, -0.15) is 0 Å². The summed E-state index contributed by atoms with van der Waals surface area (Å²) in [5.74, 6) is 0.142. The largest absolute Gasteiger partial charge is 0.354 e. The predicted octanol–water partition coefficient (Wildman–Crippen LogP) is 2.86. The maximum atomic E-state index is 12.1. The van der Waals surface area contributed by atoms with Crippen LogP contribution < -0.4 is 11.1 Å². The molecule has 0 aliphatic heterocycles. The first-order valence-corrected chi connectivity index (χ1v) is 7.66. The number of amides is 1. The molecule has 0 heterocycles. The highest BCUT2D eigenvalue weighted by molar-refractivity contribution is 6.31. The van der Waals surface area contributed by atoms with Crippen molar-refractivity contribution < 1.29 is 4.79 Å². The molecule has 2 atom stereocenters. The summed E-state index contributed by atoms with van der Waals surface area (Å²) in [5.41, 5.74) is 7.11. The van der Waals surface area contributed by atoms with Gasteiger partial charge in [-0.3, -0.25) is 4.79 Å². The van der Waals surface area contributed by atoms with Gasteiger partial charge >= 0.3 is 0 Å². The van der Waals surface area contributed by atoms with E-state index in [-0.39, 0.29) is 17.2 Å². The summed E-state index contributed by atoms with van der Waals surface area (Å²) in [4.78, 5) is 12.1. The average Bonchev–Trinajstić information content (AvgIpc) is 3.24. The topological polar surface area (TPSA) is 55.1 Å². The Bertz CT molecular complexity index is 485. The molecule has 4 heteroatoms. The standard InChI is InChI=1S/C16H23ClN2O/c1-3-11(2)14(18)15(20)19-10-16(8-9-16)12-6-4-5-7-13(12)17/h4-7,11,14H,3,8-10,18H2,1-2H3,(H,19,20). The van der Waals surface area contributed by atoms with E-state index in [9.17, 15) is 4.79 Å². The van der Waals surface area contributed by atoms with Crippen LogP contribution in [0.5, 0.6) is 0 Å². The van der Waals surface area contributed by atoms with Crippen LogP contribution in [0.3, 0.4) is 0 Å². The molecule has 1 amide bonds. The lowest BCUT2D eigenvalue weighted by Gasteiger charge is -2.22. The molecule has 1 fully saturated rings. The fourth-order valence-corrected chi connectivity index (χ4v) is 2.81. The third kappa shape index (κ3) is 3.15. The van der Waals surface area contributed by atoms with Crippen molar-refractivity contribution in [2.75, 3.05) is 6.54 Å². The highest BCUT2D eigenvalue weighted by Crippen LogP contribution is 2.49. The molecule has 0 bridgehead atoms. The molecule has 3 nitrogen and oxygen atoms in total. The Hall–Kier alpha value is -1.06. The van der Waals surface area contributed by atoms with E-state index in [0.717, 1.165) is 29.8 Å². The molecular weight excluding hydrogens is 272 g/mol. The molecule has 20 heavy (non-hydrogen) atoms. The molecule has 2 rings (SSSR count). The second kappa shape index (κ2) is 6.15. The summed E-state index contributed by atoms with van der Waals surface area (Å²) in [6.45, 7) is 4.68. The van der Waals surface area contributed by atoms with E-state index in [1.807, 2.05) is 32.0 Å². The number of nitrogens with one attached hydrogen (secondary N) is 1. The highest BCUT2D eigenvalue weighted by Gasteiger charge is 2.45. The van der Waals surface area contributed by atoms with Gasteiger partial charge < -0.3 is 11.1 Å². The minimum absolute atomic E-state index is 0.0170. The van der Waals surface area contributed by atoms with Gasteiger partial charge in [0.2, 0.25) is 5.91 Å². The van der Waals surface area contributed by atoms with E-state index in [1.54, 1.807) is 0 Å². The third-order valence-electron chi connectivity index (χ3n) is 4.46. The van der Waals surface area contributed by atoms with E-state index < -0.39 is 6.04 Å². The number of rotatable bonds is 6. The van der Waals surface area contributed by atoms with Crippen molar-refractivity contribution in [1.29, 1.82) is 0 Å². The molecule has 3 N–H and O–H groups in total. The van der Waals surface area contributed by atoms with Crippen molar-refractivity contribution >= 4 is 17.5 Å². The molecule has 0 radical (unpaired) electrons. The first kappa shape index (κ1) is 15.3. The van der Waals surface area contributed by atoms with Crippen LogP contribution in [0.1, 0.15) is 38.7 Å². The number of hydrogen-bond donors (Lipinski definition) is 2. The second-order valence-electron chi connectivity index (χ2n) is 5.89. The molecule has 1 aliphatic rings. The number of halogens is 1. The Morgan fingerprint density at radius 3 is 2.65 bits per heavy atom. The first-order chi connectivity index (χ1) is 9.50. The molecule has 2 unspecified atom stereocenters. The van der Waals surface area contributed by atoms with Crippen LogP contribution in [0, 0.1) is 5.92 Å². The van der Waals surface area contributed by atoms with Crippen molar-refractivity contribution in [3.05, 3.63) is 34.9 Å². The molecule has 1 saturated carbocycles. The van der Waals surface area contributed by atoms with Gasteiger partial charge in [-0.25, -0.2) is 0 Å². The van der Waals surface area contributed by atoms with Gasteiger partial charge in [0.05, 0.1) is 6.04 Å². The number of carbonyl (C=O) groups excluding carboxylic acids is 1. The van der Waals surface area contributed by atoms with E-state index in [1.165, 1.54) is 0 Å². The van der Waals surface area contributed by atoms with Gasteiger partial charge in [0, 0.05) is 17.0 Å². The van der Waals surface area contributed by atoms with Gasteiger partial charge in [0.15, 0.2) is 0 Å². The fraction of sp³-hybridized carbons (Fsp3) is 0.562. The first-order valence-electron chi connectivity index (χ1n) is 7.28. The summed E-state index contributed by atoms with van der Waals surface area (Å²) < 4.78 is 0. The van der Waals surface area contributed by atoms with Crippen molar-refractivity contribution in [3.63, 3.8) is 0 Å². The van der Waals surface area contributed by atoms with Gasteiger partial charge in [0.1, 0.15) is 0 Å². The van der Waals surface area contributed by atoms with Crippen LogP contribution in [0.15, 0.2) is 24.3 Å². The quantitative estimate of drug-likeness (QED) is 0.847. The third-order valence-corrected chi connectivity index (χ3v) is 4.79. The van der Waals surface area contributed by atoms with Gasteiger partial charge in [-0.05, 0) is 30.4 Å². The fourth-order valence-electron chi connectivity index (χ4n) is 2.47. The Labute approximate surface area is 125 Å². The zero-order chi connectivity index (χ0) is 14.8. The summed E-state index contributed by atoms with van der Waals surface area (Å²) in [5, 5.41) is 3.79. The van der Waals surface area contributed by atoms with Crippen LogP contribution in [0.4, 0.5) is 0 Å². The van der Waals surface area contributed by atoms with Crippen LogP contribution in [-0.2, 0) is 10.2 Å². The lowest BCUT2D eigenvalue weighted by molar-refractivity contribution is -0.123. The molecule has 1 aromatic carbocycles. The maximum absolute atomic E-state index is 12.1. The Morgan fingerprint density at radius 2 is 2.10 bits per heavy atom. The van der Waals surface area contributed by atoms with Gasteiger partial charge in [-0.15, -0.1) is 0 Å². The Balaban J connectivity index is 1.98. The van der Waals surface area contributed by atoms with E-state index in [4.69, 9.17) is 17.3 Å². The predicted molar refractivity (Wildman–Crippen MR) is 82.8 cm³/mol. The number of hydrogen-bond acceptors (Lipinski definition) is 2. The zero-order valence-corrected chi connectivity index (χ0v) is 12.9. The Morgan fingerprint density at radius 1 is 1.45 bits per heavy atom. The lowest BCUT2D eigenvalue weighted by atomic mass is 9.95. The smallest absolute Gasteiger partial charge is 0.237 e. The molecular formula is C16H23ClN2O. The van der Waals surface area contributed by atoms with Gasteiger partial charge in [-0.1, -0.05) is 50.1 Å².